The van der Waals surface area contributed by atoms with E-state index in [0.717, 1.165) is 23.6 Å². The summed E-state index contributed by atoms with van der Waals surface area (Å²) in [5, 5.41) is 0. The molecule has 0 radical (unpaired) electrons. The van der Waals surface area contributed by atoms with Crippen molar-refractivity contribution < 1.29 is 0 Å². The van der Waals surface area contributed by atoms with Crippen LogP contribution in [0, 0.1) is 6.92 Å². The van der Waals surface area contributed by atoms with Crippen LogP contribution in [0.1, 0.15) is 32.3 Å². The van der Waals surface area contributed by atoms with Gasteiger partial charge in [-0.15, -0.1) is 0 Å². The molecule has 82 valence electrons. The van der Waals surface area contributed by atoms with Crippen LogP contribution in [0.3, 0.4) is 0 Å². The average Bonchev–Trinajstić information content (AvgIpc) is 2.50. The second-order valence-electron chi connectivity index (χ2n) is 4.97. The molecule has 3 nitrogen and oxygen atoms in total. The second kappa shape index (κ2) is 3.40. The molecule has 2 heterocycles. The van der Waals surface area contributed by atoms with E-state index in [-0.39, 0.29) is 5.54 Å². The van der Waals surface area contributed by atoms with Crippen LogP contribution in [0.4, 0.5) is 11.5 Å². The Morgan fingerprint density at radius 1 is 1.47 bits per heavy atom. The van der Waals surface area contributed by atoms with Crippen LogP contribution in [0.5, 0.6) is 0 Å². The van der Waals surface area contributed by atoms with Crippen LogP contribution in [-0.2, 0) is 0 Å². The third-order valence-electron chi connectivity index (χ3n) is 3.31. The zero-order valence-corrected chi connectivity index (χ0v) is 9.75. The summed E-state index contributed by atoms with van der Waals surface area (Å²) in [5.41, 5.74) is 8.01. The van der Waals surface area contributed by atoms with Crippen molar-refractivity contribution in [3.63, 3.8) is 0 Å². The minimum Gasteiger partial charge on any atom is -0.398 e. The van der Waals surface area contributed by atoms with Crippen molar-refractivity contribution in [3.8, 4) is 0 Å². The fourth-order valence-corrected chi connectivity index (χ4v) is 2.21. The maximum absolute atomic E-state index is 5.91. The first-order chi connectivity index (χ1) is 7.00. The molecule has 2 N–H and O–H groups in total. The van der Waals surface area contributed by atoms with E-state index in [4.69, 9.17) is 5.73 Å². The molecule has 0 atom stereocenters. The summed E-state index contributed by atoms with van der Waals surface area (Å²) >= 11 is 0. The zero-order chi connectivity index (χ0) is 11.1. The predicted molar refractivity (Wildman–Crippen MR) is 64.0 cm³/mol. The van der Waals surface area contributed by atoms with Crippen LogP contribution in [-0.4, -0.2) is 17.1 Å². The third-order valence-corrected chi connectivity index (χ3v) is 3.31. The smallest absolute Gasteiger partial charge is 0.130 e. The number of aromatic nitrogens is 1. The van der Waals surface area contributed by atoms with Gasteiger partial charge >= 0.3 is 0 Å². The lowest BCUT2D eigenvalue weighted by Gasteiger charge is -2.32. The molecule has 0 aromatic carbocycles. The monoisotopic (exact) mass is 205 g/mol. The van der Waals surface area contributed by atoms with Gasteiger partial charge in [0.05, 0.1) is 0 Å². The van der Waals surface area contributed by atoms with Crippen LogP contribution >= 0.6 is 0 Å². The Labute approximate surface area is 91.3 Å². The Bertz CT molecular complexity index is 371. The molecule has 3 heteroatoms. The molecule has 0 spiro atoms. The summed E-state index contributed by atoms with van der Waals surface area (Å²) in [6.45, 7) is 7.60. The van der Waals surface area contributed by atoms with Crippen LogP contribution in [0.15, 0.2) is 12.3 Å². The highest BCUT2D eigenvalue weighted by molar-refractivity contribution is 5.56. The number of rotatable bonds is 1. The fraction of sp³-hybridized carbons (Fsp3) is 0.583. The molecule has 0 saturated carbocycles. The predicted octanol–water partition coefficient (Wildman–Crippen LogP) is 2.35. The standard InChI is InChI=1S/C12H19N3/c1-9-8-14-11(7-10(9)13)15-6-4-5-12(15,2)3/h7-8H,4-6H2,1-3H3,(H2,13,14). The molecule has 0 aliphatic carbocycles. The van der Waals surface area contributed by atoms with Gasteiger partial charge < -0.3 is 10.6 Å². The van der Waals surface area contributed by atoms with Crippen LogP contribution < -0.4 is 10.6 Å². The van der Waals surface area contributed by atoms with Crippen molar-refractivity contribution in [2.24, 2.45) is 0 Å². The van der Waals surface area contributed by atoms with E-state index in [1.54, 1.807) is 0 Å². The third kappa shape index (κ3) is 1.78. The lowest BCUT2D eigenvalue weighted by Crippen LogP contribution is -2.38. The van der Waals surface area contributed by atoms with Crippen molar-refractivity contribution in [2.75, 3.05) is 17.2 Å². The highest BCUT2D eigenvalue weighted by Crippen LogP contribution is 2.33. The van der Waals surface area contributed by atoms with E-state index in [1.165, 1.54) is 12.8 Å². The van der Waals surface area contributed by atoms with Crippen LogP contribution in [0.25, 0.3) is 0 Å². The van der Waals surface area contributed by atoms with Crippen molar-refractivity contribution in [3.05, 3.63) is 17.8 Å². The van der Waals surface area contributed by atoms with E-state index in [0.29, 0.717) is 0 Å². The lowest BCUT2D eigenvalue weighted by atomic mass is 10.0. The number of hydrogen-bond donors (Lipinski definition) is 1. The van der Waals surface area contributed by atoms with E-state index >= 15 is 0 Å². The number of pyridine rings is 1. The molecule has 1 aliphatic rings. The van der Waals surface area contributed by atoms with Gasteiger partial charge in [0.15, 0.2) is 0 Å². The van der Waals surface area contributed by atoms with Gasteiger partial charge in [-0.05, 0) is 39.2 Å². The van der Waals surface area contributed by atoms with Crippen molar-refractivity contribution in [2.45, 2.75) is 39.2 Å². The normalized spacial score (nSPS) is 19.5. The van der Waals surface area contributed by atoms with Gasteiger partial charge in [0, 0.05) is 30.0 Å². The van der Waals surface area contributed by atoms with Crippen molar-refractivity contribution >= 4 is 11.5 Å². The summed E-state index contributed by atoms with van der Waals surface area (Å²) in [6, 6.07) is 1.99. The molecule has 1 saturated heterocycles. The van der Waals surface area contributed by atoms with E-state index in [9.17, 15) is 0 Å². The number of nitrogen functional groups attached to an aromatic ring is 1. The first-order valence-electron chi connectivity index (χ1n) is 5.50. The van der Waals surface area contributed by atoms with Gasteiger partial charge in [-0.25, -0.2) is 4.98 Å². The maximum atomic E-state index is 5.91. The summed E-state index contributed by atoms with van der Waals surface area (Å²) in [7, 11) is 0. The highest BCUT2D eigenvalue weighted by atomic mass is 15.3. The van der Waals surface area contributed by atoms with E-state index in [2.05, 4.69) is 23.7 Å². The summed E-state index contributed by atoms with van der Waals surface area (Å²) in [5.74, 6) is 1.01. The summed E-state index contributed by atoms with van der Waals surface area (Å²) in [6.07, 6.45) is 4.32. The van der Waals surface area contributed by atoms with Crippen molar-refractivity contribution in [1.82, 2.24) is 4.98 Å². The van der Waals surface area contributed by atoms with Gasteiger partial charge in [-0.3, -0.25) is 0 Å². The molecule has 0 amide bonds. The quantitative estimate of drug-likeness (QED) is 0.765. The Balaban J connectivity index is 2.33. The Morgan fingerprint density at radius 2 is 2.20 bits per heavy atom. The summed E-state index contributed by atoms with van der Waals surface area (Å²) in [4.78, 5) is 6.81. The molecule has 1 aromatic rings. The Hall–Kier alpha value is -1.25. The number of nitrogens with two attached hydrogens (primary N) is 1. The molecule has 1 fully saturated rings. The first kappa shape index (κ1) is 10.3. The van der Waals surface area contributed by atoms with E-state index in [1.807, 2.05) is 19.2 Å². The minimum atomic E-state index is 0.217. The minimum absolute atomic E-state index is 0.217. The van der Waals surface area contributed by atoms with Gasteiger partial charge in [0.1, 0.15) is 5.82 Å². The summed E-state index contributed by atoms with van der Waals surface area (Å²) < 4.78 is 0. The lowest BCUT2D eigenvalue weighted by molar-refractivity contribution is 0.514. The highest BCUT2D eigenvalue weighted by Gasteiger charge is 2.32. The molecule has 2 rings (SSSR count). The molecular formula is C12H19N3. The van der Waals surface area contributed by atoms with Crippen LogP contribution in [0.2, 0.25) is 0 Å². The Kier molecular flexibility index (Phi) is 2.33. The Morgan fingerprint density at radius 3 is 2.73 bits per heavy atom. The second-order valence-corrected chi connectivity index (χ2v) is 4.97. The molecule has 0 unspecified atom stereocenters. The largest absolute Gasteiger partial charge is 0.398 e. The van der Waals surface area contributed by atoms with Gasteiger partial charge in [0.2, 0.25) is 0 Å². The number of hydrogen-bond acceptors (Lipinski definition) is 3. The molecular weight excluding hydrogens is 186 g/mol. The van der Waals surface area contributed by atoms with Crippen molar-refractivity contribution in [1.29, 1.82) is 0 Å². The maximum Gasteiger partial charge on any atom is 0.130 e. The SMILES string of the molecule is Cc1cnc(N2CCCC2(C)C)cc1N. The molecule has 0 bridgehead atoms. The zero-order valence-electron chi connectivity index (χ0n) is 9.75. The van der Waals surface area contributed by atoms with Gasteiger partial charge in [0.25, 0.3) is 0 Å². The average molecular weight is 205 g/mol. The van der Waals surface area contributed by atoms with Gasteiger partial charge in [-0.2, -0.15) is 0 Å². The first-order valence-corrected chi connectivity index (χ1v) is 5.50. The fourth-order valence-electron chi connectivity index (χ4n) is 2.21. The molecule has 1 aromatic heterocycles. The molecule has 1 aliphatic heterocycles. The molecule has 15 heavy (non-hydrogen) atoms. The van der Waals surface area contributed by atoms with Gasteiger partial charge in [-0.1, -0.05) is 0 Å². The number of anilines is 2. The van der Waals surface area contributed by atoms with E-state index < -0.39 is 0 Å². The number of nitrogens with zero attached hydrogens (tertiary/aromatic N) is 2. The topological polar surface area (TPSA) is 42.2 Å². The number of aryl methyl sites for hydroxylation is 1.